The van der Waals surface area contributed by atoms with E-state index >= 15 is 0 Å². The van der Waals surface area contributed by atoms with Crippen molar-refractivity contribution < 1.29 is 13.2 Å². The molecule has 0 bridgehead atoms. The number of aromatic nitrogens is 2. The molecule has 1 heterocycles. The molecule has 1 aromatic rings. The van der Waals surface area contributed by atoms with Crippen LogP contribution in [0.2, 0.25) is 0 Å². The third-order valence-electron chi connectivity index (χ3n) is 3.48. The molecule has 3 atom stereocenters. The number of halogens is 3. The molecule has 0 amide bonds. The van der Waals surface area contributed by atoms with Gasteiger partial charge in [-0.05, 0) is 12.5 Å². The fourth-order valence-corrected chi connectivity index (χ4v) is 2.56. The van der Waals surface area contributed by atoms with Gasteiger partial charge in [0.1, 0.15) is 11.4 Å². The maximum atomic E-state index is 14.9. The van der Waals surface area contributed by atoms with Crippen molar-refractivity contribution in [1.82, 2.24) is 10.2 Å². The molecule has 2 aliphatic carbocycles. The Morgan fingerprint density at radius 2 is 2.24 bits per heavy atom. The predicted octanol–water partition coefficient (Wildman–Crippen LogP) is 2.82. The van der Waals surface area contributed by atoms with Gasteiger partial charge in [-0.25, -0.2) is 13.2 Å². The quantitative estimate of drug-likeness (QED) is 0.623. The van der Waals surface area contributed by atoms with Crippen molar-refractivity contribution in [3.8, 4) is 11.8 Å². The van der Waals surface area contributed by atoms with Gasteiger partial charge in [-0.2, -0.15) is 5.10 Å². The van der Waals surface area contributed by atoms with Crippen LogP contribution in [0.4, 0.5) is 13.2 Å². The van der Waals surface area contributed by atoms with Gasteiger partial charge < -0.3 is 0 Å². The third kappa shape index (κ3) is 1.01. The van der Waals surface area contributed by atoms with E-state index in [0.29, 0.717) is 0 Å². The van der Waals surface area contributed by atoms with E-state index in [9.17, 15) is 13.2 Å². The van der Waals surface area contributed by atoms with E-state index in [1.54, 1.807) is 0 Å². The summed E-state index contributed by atoms with van der Waals surface area (Å²) in [6.07, 6.45) is -2.69. The number of rotatable bonds is 2. The largest absolute Gasteiger partial charge is 0.280 e. The zero-order valence-corrected chi connectivity index (χ0v) is 9.02. The first kappa shape index (κ1) is 10.5. The standard InChI is InChI=1S/C12H9F3N2/c1-5(2)12(15)7-4-3-6(7)8-9(11(13)14)16-17-10(8)12/h6-7,11H,1H2,2H3,(H,16,17)/t6-,7+,12?/m0/s1. The first-order valence-corrected chi connectivity index (χ1v) is 5.20. The first-order valence-electron chi connectivity index (χ1n) is 5.20. The summed E-state index contributed by atoms with van der Waals surface area (Å²) in [4.78, 5) is 0. The van der Waals surface area contributed by atoms with Gasteiger partial charge in [-0.15, -0.1) is 0 Å². The molecule has 0 saturated carbocycles. The van der Waals surface area contributed by atoms with Gasteiger partial charge in [0.05, 0.1) is 11.8 Å². The summed E-state index contributed by atoms with van der Waals surface area (Å²) in [6.45, 7) is 5.13. The lowest BCUT2D eigenvalue weighted by molar-refractivity contribution is 0.141. The van der Waals surface area contributed by atoms with Crippen molar-refractivity contribution in [2.24, 2.45) is 5.92 Å². The first-order chi connectivity index (χ1) is 7.98. The Kier molecular flexibility index (Phi) is 1.81. The number of nitrogens with zero attached hydrogens (tertiary/aromatic N) is 1. The molecular weight excluding hydrogens is 229 g/mol. The molecule has 2 nitrogen and oxygen atoms in total. The van der Waals surface area contributed by atoms with Crippen molar-refractivity contribution >= 4 is 0 Å². The number of fused-ring (bicyclic) bond motifs is 3. The van der Waals surface area contributed by atoms with Crippen LogP contribution >= 0.6 is 0 Å². The second-order valence-corrected chi connectivity index (χ2v) is 4.44. The van der Waals surface area contributed by atoms with Crippen LogP contribution in [0.3, 0.4) is 0 Å². The van der Waals surface area contributed by atoms with E-state index in [1.807, 2.05) is 0 Å². The molecule has 0 aromatic carbocycles. The Bertz CT molecular complexity index is 578. The SMILES string of the molecule is C=C(C)C1(F)c2n[nH]c(C(F)F)c2[C@H]2C#C[C@H]21. The van der Waals surface area contributed by atoms with E-state index in [0.717, 1.165) is 0 Å². The summed E-state index contributed by atoms with van der Waals surface area (Å²) in [6, 6.07) is 0. The minimum Gasteiger partial charge on any atom is -0.276 e. The van der Waals surface area contributed by atoms with Crippen molar-refractivity contribution in [2.45, 2.75) is 24.9 Å². The number of nitrogens with one attached hydrogen (secondary N) is 1. The maximum Gasteiger partial charge on any atom is 0.280 e. The van der Waals surface area contributed by atoms with E-state index < -0.39 is 23.9 Å². The Morgan fingerprint density at radius 1 is 1.53 bits per heavy atom. The monoisotopic (exact) mass is 238 g/mol. The normalized spacial score (nSPS) is 32.5. The van der Waals surface area contributed by atoms with Crippen molar-refractivity contribution in [3.05, 3.63) is 29.1 Å². The highest BCUT2D eigenvalue weighted by molar-refractivity contribution is 5.57. The van der Waals surface area contributed by atoms with Crippen LogP contribution in [0, 0.1) is 17.8 Å². The van der Waals surface area contributed by atoms with Gasteiger partial charge in [0.15, 0.2) is 5.67 Å². The number of aromatic amines is 1. The van der Waals surface area contributed by atoms with Crippen LogP contribution in [-0.2, 0) is 5.67 Å². The zero-order chi connectivity index (χ0) is 12.4. The smallest absolute Gasteiger partial charge is 0.276 e. The van der Waals surface area contributed by atoms with E-state index in [2.05, 4.69) is 28.6 Å². The highest BCUT2D eigenvalue weighted by atomic mass is 19.3. The van der Waals surface area contributed by atoms with Gasteiger partial charge in [-0.1, -0.05) is 18.4 Å². The molecule has 0 radical (unpaired) electrons. The maximum absolute atomic E-state index is 14.9. The number of H-pyrrole nitrogens is 1. The summed E-state index contributed by atoms with van der Waals surface area (Å²) in [5, 5.41) is 5.93. The van der Waals surface area contributed by atoms with Gasteiger partial charge >= 0.3 is 0 Å². The second kappa shape index (κ2) is 2.95. The molecule has 0 saturated heterocycles. The van der Waals surface area contributed by atoms with Crippen molar-refractivity contribution in [1.29, 1.82) is 0 Å². The van der Waals surface area contributed by atoms with Gasteiger partial charge in [-0.3, -0.25) is 5.10 Å². The summed E-state index contributed by atoms with van der Waals surface area (Å²) < 4.78 is 40.4. The summed E-state index contributed by atoms with van der Waals surface area (Å²) in [7, 11) is 0. The molecule has 17 heavy (non-hydrogen) atoms. The van der Waals surface area contributed by atoms with E-state index in [1.165, 1.54) is 6.92 Å². The van der Waals surface area contributed by atoms with Crippen LogP contribution in [0.5, 0.6) is 0 Å². The van der Waals surface area contributed by atoms with Crippen molar-refractivity contribution in [2.75, 3.05) is 0 Å². The average molecular weight is 238 g/mol. The fraction of sp³-hybridized carbons (Fsp3) is 0.417. The predicted molar refractivity (Wildman–Crippen MR) is 55.2 cm³/mol. The van der Waals surface area contributed by atoms with E-state index in [4.69, 9.17) is 0 Å². The number of allylic oxidation sites excluding steroid dienone is 1. The average Bonchev–Trinajstić information content (AvgIpc) is 2.65. The lowest BCUT2D eigenvalue weighted by Gasteiger charge is -2.29. The second-order valence-electron chi connectivity index (χ2n) is 4.44. The summed E-state index contributed by atoms with van der Waals surface area (Å²) in [5.41, 5.74) is -1.70. The molecule has 1 aromatic heterocycles. The number of hydrogen-bond donors (Lipinski definition) is 1. The summed E-state index contributed by atoms with van der Waals surface area (Å²) in [5.74, 6) is 4.34. The Hall–Kier alpha value is -1.70. The molecule has 0 fully saturated rings. The lowest BCUT2D eigenvalue weighted by Crippen LogP contribution is -2.32. The highest BCUT2D eigenvalue weighted by Gasteiger charge is 2.59. The fourth-order valence-electron chi connectivity index (χ4n) is 2.56. The molecular formula is C12H9F3N2. The van der Waals surface area contributed by atoms with Crippen LogP contribution in [0.1, 0.15) is 36.2 Å². The van der Waals surface area contributed by atoms with Gasteiger partial charge in [0.2, 0.25) is 0 Å². The van der Waals surface area contributed by atoms with Crippen LogP contribution in [-0.4, -0.2) is 10.2 Å². The Morgan fingerprint density at radius 3 is 2.71 bits per heavy atom. The van der Waals surface area contributed by atoms with Crippen molar-refractivity contribution in [3.63, 3.8) is 0 Å². The molecule has 0 spiro atoms. The van der Waals surface area contributed by atoms with Crippen LogP contribution in [0.15, 0.2) is 12.2 Å². The molecule has 88 valence electrons. The Labute approximate surface area is 95.9 Å². The minimum atomic E-state index is -2.69. The Balaban J connectivity index is 2.23. The molecule has 2 aliphatic rings. The minimum absolute atomic E-state index is 0.0211. The highest BCUT2D eigenvalue weighted by Crippen LogP contribution is 2.58. The topological polar surface area (TPSA) is 28.7 Å². The molecule has 1 unspecified atom stereocenters. The summed E-state index contributed by atoms with van der Waals surface area (Å²) >= 11 is 0. The zero-order valence-electron chi connectivity index (χ0n) is 9.02. The molecule has 0 aliphatic heterocycles. The third-order valence-corrected chi connectivity index (χ3v) is 3.48. The van der Waals surface area contributed by atoms with Crippen LogP contribution in [0.25, 0.3) is 0 Å². The number of hydrogen-bond acceptors (Lipinski definition) is 1. The molecule has 3 rings (SSSR count). The van der Waals surface area contributed by atoms with Gasteiger partial charge in [0, 0.05) is 5.56 Å². The lowest BCUT2D eigenvalue weighted by atomic mass is 9.77. The molecule has 1 N–H and O–H groups in total. The van der Waals surface area contributed by atoms with Gasteiger partial charge in [0.25, 0.3) is 6.43 Å². The number of alkyl halides is 3. The van der Waals surface area contributed by atoms with E-state index in [-0.39, 0.29) is 22.5 Å². The molecule has 5 heteroatoms. The van der Waals surface area contributed by atoms with Crippen LogP contribution < -0.4 is 0 Å².